The van der Waals surface area contributed by atoms with Crippen LogP contribution >= 0.6 is 11.6 Å². The van der Waals surface area contributed by atoms with E-state index in [0.717, 1.165) is 11.0 Å². The first-order valence-electron chi connectivity index (χ1n) is 6.47. The van der Waals surface area contributed by atoms with Crippen molar-refractivity contribution < 1.29 is 14.5 Å². The standard InChI is InChI=1S/C14H9ClN4O4/c15-8-1-2-11(19(22)23)9(5-8)14(21)18-7-13(20)17-10-6-16-4-3-12(10)18/h1-6H,7H2,(H,17,20). The second kappa shape index (κ2) is 5.65. The second-order valence-electron chi connectivity index (χ2n) is 4.75. The van der Waals surface area contributed by atoms with Crippen LogP contribution in [0.5, 0.6) is 0 Å². The largest absolute Gasteiger partial charge is 0.321 e. The number of halogens is 1. The number of nitro groups is 1. The molecule has 1 aromatic heterocycles. The zero-order valence-corrected chi connectivity index (χ0v) is 12.3. The van der Waals surface area contributed by atoms with Gasteiger partial charge in [0.15, 0.2) is 0 Å². The normalized spacial score (nSPS) is 13.3. The first-order valence-corrected chi connectivity index (χ1v) is 6.85. The van der Waals surface area contributed by atoms with E-state index in [4.69, 9.17) is 11.6 Å². The van der Waals surface area contributed by atoms with Crippen molar-refractivity contribution in [2.24, 2.45) is 0 Å². The van der Waals surface area contributed by atoms with Crippen LogP contribution in [-0.2, 0) is 4.79 Å². The summed E-state index contributed by atoms with van der Waals surface area (Å²) in [5.74, 6) is -1.09. The van der Waals surface area contributed by atoms with Crippen LogP contribution in [0, 0.1) is 10.1 Å². The summed E-state index contributed by atoms with van der Waals surface area (Å²) in [6, 6.07) is 5.25. The molecule has 9 heteroatoms. The summed E-state index contributed by atoms with van der Waals surface area (Å²) in [5.41, 5.74) is 0.224. The SMILES string of the molecule is O=C1CN(C(=O)c2cc(Cl)ccc2[N+](=O)[O-])c2ccncc2N1. The molecule has 0 atom stereocenters. The van der Waals surface area contributed by atoms with E-state index in [1.807, 2.05) is 0 Å². The molecule has 0 fully saturated rings. The van der Waals surface area contributed by atoms with Gasteiger partial charge < -0.3 is 5.32 Å². The molecule has 0 unspecified atom stereocenters. The molecule has 1 aromatic carbocycles. The van der Waals surface area contributed by atoms with Gasteiger partial charge in [0, 0.05) is 17.3 Å². The van der Waals surface area contributed by atoms with Crippen molar-refractivity contribution in [2.45, 2.75) is 0 Å². The lowest BCUT2D eigenvalue weighted by Gasteiger charge is -2.28. The van der Waals surface area contributed by atoms with Crippen molar-refractivity contribution in [3.05, 3.63) is 57.4 Å². The Morgan fingerprint density at radius 2 is 2.17 bits per heavy atom. The Hall–Kier alpha value is -3.00. The molecule has 2 heterocycles. The Morgan fingerprint density at radius 3 is 2.91 bits per heavy atom. The summed E-state index contributed by atoms with van der Waals surface area (Å²) < 4.78 is 0. The number of anilines is 2. The minimum absolute atomic E-state index is 0.181. The average molecular weight is 333 g/mol. The number of carbonyl (C=O) groups is 2. The van der Waals surface area contributed by atoms with E-state index in [1.54, 1.807) is 6.07 Å². The first kappa shape index (κ1) is 14.9. The molecule has 0 aliphatic carbocycles. The quantitative estimate of drug-likeness (QED) is 0.670. The van der Waals surface area contributed by atoms with Gasteiger partial charge in [-0.3, -0.25) is 29.6 Å². The van der Waals surface area contributed by atoms with Gasteiger partial charge in [0.2, 0.25) is 5.91 Å². The molecule has 2 amide bonds. The number of nitrogens with zero attached hydrogens (tertiary/aromatic N) is 3. The molecule has 23 heavy (non-hydrogen) atoms. The number of hydrogen-bond donors (Lipinski definition) is 1. The van der Waals surface area contributed by atoms with Crippen LogP contribution in [0.15, 0.2) is 36.7 Å². The van der Waals surface area contributed by atoms with E-state index in [1.165, 1.54) is 24.5 Å². The minimum atomic E-state index is -0.679. The minimum Gasteiger partial charge on any atom is -0.321 e. The Bertz CT molecular complexity index is 839. The van der Waals surface area contributed by atoms with Crippen molar-refractivity contribution in [3.63, 3.8) is 0 Å². The van der Waals surface area contributed by atoms with Gasteiger partial charge >= 0.3 is 0 Å². The highest BCUT2D eigenvalue weighted by atomic mass is 35.5. The second-order valence-corrected chi connectivity index (χ2v) is 5.19. The highest BCUT2D eigenvalue weighted by Gasteiger charge is 2.31. The van der Waals surface area contributed by atoms with Gasteiger partial charge in [-0.2, -0.15) is 0 Å². The molecule has 2 aromatic rings. The monoisotopic (exact) mass is 332 g/mol. The van der Waals surface area contributed by atoms with E-state index >= 15 is 0 Å². The molecule has 1 aliphatic heterocycles. The molecule has 0 saturated heterocycles. The number of fused-ring (bicyclic) bond motifs is 1. The van der Waals surface area contributed by atoms with Crippen LogP contribution < -0.4 is 10.2 Å². The fourth-order valence-electron chi connectivity index (χ4n) is 2.30. The maximum absolute atomic E-state index is 12.7. The Labute approximate surface area is 134 Å². The maximum atomic E-state index is 12.7. The molecule has 116 valence electrons. The van der Waals surface area contributed by atoms with E-state index in [2.05, 4.69) is 10.3 Å². The van der Waals surface area contributed by atoms with E-state index in [0.29, 0.717) is 11.4 Å². The molecule has 1 aliphatic rings. The van der Waals surface area contributed by atoms with Gasteiger partial charge in [0.1, 0.15) is 12.1 Å². The third kappa shape index (κ3) is 2.71. The van der Waals surface area contributed by atoms with Crippen LogP contribution in [0.2, 0.25) is 5.02 Å². The summed E-state index contributed by atoms with van der Waals surface area (Å²) in [6.45, 7) is -0.250. The molecule has 0 saturated carbocycles. The summed E-state index contributed by atoms with van der Waals surface area (Å²) in [4.78, 5) is 40.0. The number of carbonyl (C=O) groups excluding carboxylic acids is 2. The molecule has 8 nitrogen and oxygen atoms in total. The summed E-state index contributed by atoms with van der Waals surface area (Å²) in [7, 11) is 0. The van der Waals surface area contributed by atoms with Gasteiger partial charge in [0.05, 0.1) is 22.5 Å². The predicted molar refractivity (Wildman–Crippen MR) is 82.6 cm³/mol. The van der Waals surface area contributed by atoms with Crippen LogP contribution in [0.3, 0.4) is 0 Å². The van der Waals surface area contributed by atoms with Crippen molar-refractivity contribution in [2.75, 3.05) is 16.8 Å². The van der Waals surface area contributed by atoms with Crippen molar-refractivity contribution in [1.82, 2.24) is 4.98 Å². The predicted octanol–water partition coefficient (Wildman–Crippen LogP) is 2.24. The number of aromatic nitrogens is 1. The lowest BCUT2D eigenvalue weighted by molar-refractivity contribution is -0.385. The van der Waals surface area contributed by atoms with Crippen molar-refractivity contribution in [1.29, 1.82) is 0 Å². The number of amides is 2. The van der Waals surface area contributed by atoms with Crippen molar-refractivity contribution in [3.8, 4) is 0 Å². The summed E-state index contributed by atoms with van der Waals surface area (Å²) in [6.07, 6.45) is 2.86. The molecular weight excluding hydrogens is 324 g/mol. The third-order valence-electron chi connectivity index (χ3n) is 3.30. The Morgan fingerprint density at radius 1 is 1.39 bits per heavy atom. The van der Waals surface area contributed by atoms with E-state index in [-0.39, 0.29) is 22.8 Å². The lowest BCUT2D eigenvalue weighted by atomic mass is 10.1. The number of benzene rings is 1. The Balaban J connectivity index is 2.10. The smallest absolute Gasteiger partial charge is 0.282 e. The topological polar surface area (TPSA) is 105 Å². The first-order chi connectivity index (χ1) is 11.0. The molecular formula is C14H9ClN4O4. The molecule has 0 radical (unpaired) electrons. The van der Waals surface area contributed by atoms with Crippen molar-refractivity contribution >= 4 is 40.5 Å². The van der Waals surface area contributed by atoms with Crippen LogP contribution in [-0.4, -0.2) is 28.3 Å². The van der Waals surface area contributed by atoms with Gasteiger partial charge in [-0.15, -0.1) is 0 Å². The number of pyridine rings is 1. The van der Waals surface area contributed by atoms with Gasteiger partial charge in [0.25, 0.3) is 11.6 Å². The zero-order chi connectivity index (χ0) is 16.6. The summed E-state index contributed by atoms with van der Waals surface area (Å²) in [5, 5.41) is 13.9. The highest BCUT2D eigenvalue weighted by molar-refractivity contribution is 6.31. The fourth-order valence-corrected chi connectivity index (χ4v) is 2.47. The average Bonchev–Trinajstić information content (AvgIpc) is 2.53. The molecule has 0 bridgehead atoms. The van der Waals surface area contributed by atoms with Gasteiger partial charge in [-0.25, -0.2) is 0 Å². The van der Waals surface area contributed by atoms with Crippen LogP contribution in [0.1, 0.15) is 10.4 Å². The van der Waals surface area contributed by atoms with E-state index in [9.17, 15) is 19.7 Å². The van der Waals surface area contributed by atoms with Crippen LogP contribution in [0.4, 0.5) is 17.1 Å². The summed E-state index contributed by atoms with van der Waals surface area (Å²) >= 11 is 5.85. The van der Waals surface area contributed by atoms with Gasteiger partial charge in [-0.1, -0.05) is 11.6 Å². The molecule has 0 spiro atoms. The highest BCUT2D eigenvalue weighted by Crippen LogP contribution is 2.31. The fraction of sp³-hybridized carbons (Fsp3) is 0.0714. The molecule has 3 rings (SSSR count). The van der Waals surface area contributed by atoms with Gasteiger partial charge in [-0.05, 0) is 18.2 Å². The number of nitro benzene ring substituents is 1. The Kier molecular flexibility index (Phi) is 3.67. The number of hydrogen-bond acceptors (Lipinski definition) is 5. The van der Waals surface area contributed by atoms with Crippen LogP contribution in [0.25, 0.3) is 0 Å². The maximum Gasteiger partial charge on any atom is 0.282 e. The lowest BCUT2D eigenvalue weighted by Crippen LogP contribution is -2.42. The molecule has 1 N–H and O–H groups in total. The third-order valence-corrected chi connectivity index (χ3v) is 3.53. The number of rotatable bonds is 2. The zero-order valence-electron chi connectivity index (χ0n) is 11.5. The number of nitrogens with one attached hydrogen (secondary N) is 1. The van der Waals surface area contributed by atoms with E-state index < -0.39 is 16.7 Å².